The predicted molar refractivity (Wildman–Crippen MR) is 41.6 cm³/mol. The van der Waals surface area contributed by atoms with Gasteiger partial charge in [0.25, 0.3) is 0 Å². The summed E-state index contributed by atoms with van der Waals surface area (Å²) in [4.78, 5) is 17.9. The number of hydrogen-bond acceptors (Lipinski definition) is 3. The lowest BCUT2D eigenvalue weighted by Gasteiger charge is -1.95. The zero-order chi connectivity index (χ0) is 8.27. The first-order valence-corrected chi connectivity index (χ1v) is 3.43. The van der Waals surface area contributed by atoms with Crippen LogP contribution in [0.2, 0.25) is 0 Å². The van der Waals surface area contributed by atoms with Gasteiger partial charge in [-0.05, 0) is 14.0 Å². The van der Waals surface area contributed by atoms with Crippen LogP contribution in [0.5, 0.6) is 0 Å². The molecule has 0 saturated heterocycles. The van der Waals surface area contributed by atoms with Crippen LogP contribution >= 0.6 is 0 Å². The number of imidazole rings is 1. The van der Waals surface area contributed by atoms with Crippen LogP contribution < -0.4 is 5.32 Å². The van der Waals surface area contributed by atoms with Gasteiger partial charge in [0, 0.05) is 5.69 Å². The van der Waals surface area contributed by atoms with Gasteiger partial charge < -0.3 is 10.3 Å². The molecule has 1 aromatic rings. The molecular weight excluding hydrogens is 142 g/mol. The Kier molecular flexibility index (Phi) is 2.38. The second kappa shape index (κ2) is 3.30. The number of rotatable bonds is 3. The second-order valence-electron chi connectivity index (χ2n) is 2.33. The molecule has 1 aromatic heterocycles. The third kappa shape index (κ3) is 1.65. The highest BCUT2D eigenvalue weighted by Gasteiger charge is 2.09. The number of carbonyl (C=O) groups is 1. The number of H-pyrrole nitrogens is 1. The molecule has 0 aliphatic carbocycles. The van der Waals surface area contributed by atoms with Gasteiger partial charge in [0.1, 0.15) is 5.69 Å². The van der Waals surface area contributed by atoms with Crippen molar-refractivity contribution >= 4 is 5.78 Å². The highest BCUT2D eigenvalue weighted by atomic mass is 16.1. The van der Waals surface area contributed by atoms with Crippen LogP contribution in [0.4, 0.5) is 0 Å². The van der Waals surface area contributed by atoms with Crippen LogP contribution in [0.25, 0.3) is 0 Å². The fraction of sp³-hybridized carbons (Fsp3) is 0.429. The number of aromatic amines is 1. The van der Waals surface area contributed by atoms with Crippen molar-refractivity contribution in [3.63, 3.8) is 0 Å². The molecule has 1 heterocycles. The Hall–Kier alpha value is -1.16. The molecule has 0 aliphatic heterocycles. The number of ketones is 1. The van der Waals surface area contributed by atoms with Crippen LogP contribution in [0.1, 0.15) is 16.2 Å². The van der Waals surface area contributed by atoms with Gasteiger partial charge in [0.15, 0.2) is 5.78 Å². The summed E-state index contributed by atoms with van der Waals surface area (Å²) < 4.78 is 0. The first-order valence-electron chi connectivity index (χ1n) is 3.43. The van der Waals surface area contributed by atoms with Crippen molar-refractivity contribution < 1.29 is 4.79 Å². The lowest BCUT2D eigenvalue weighted by molar-refractivity contribution is 0.0989. The monoisotopic (exact) mass is 153 g/mol. The summed E-state index contributed by atoms with van der Waals surface area (Å²) in [5, 5.41) is 2.78. The Morgan fingerprint density at radius 1 is 1.82 bits per heavy atom. The molecular formula is C7H11N3O. The Bertz CT molecular complexity index is 254. The SMILES string of the molecule is CNCC(=O)c1nc[nH]c1C. The number of hydrogen-bond donors (Lipinski definition) is 2. The molecule has 4 heteroatoms. The first kappa shape index (κ1) is 7.94. The summed E-state index contributed by atoms with van der Waals surface area (Å²) in [6.07, 6.45) is 1.53. The number of aryl methyl sites for hydroxylation is 1. The normalized spacial score (nSPS) is 10.0. The molecule has 4 nitrogen and oxygen atoms in total. The van der Waals surface area contributed by atoms with Gasteiger partial charge in [-0.25, -0.2) is 4.98 Å². The van der Waals surface area contributed by atoms with Gasteiger partial charge in [0.05, 0.1) is 12.9 Å². The van der Waals surface area contributed by atoms with Crippen molar-refractivity contribution in [1.82, 2.24) is 15.3 Å². The van der Waals surface area contributed by atoms with Crippen molar-refractivity contribution in [3.8, 4) is 0 Å². The van der Waals surface area contributed by atoms with E-state index in [9.17, 15) is 4.79 Å². The summed E-state index contributed by atoms with van der Waals surface area (Å²) in [6, 6.07) is 0. The van der Waals surface area contributed by atoms with Crippen LogP contribution in [0.15, 0.2) is 6.33 Å². The molecule has 0 radical (unpaired) electrons. The second-order valence-corrected chi connectivity index (χ2v) is 2.33. The average molecular weight is 153 g/mol. The molecule has 0 bridgehead atoms. The van der Waals surface area contributed by atoms with E-state index in [0.29, 0.717) is 12.2 Å². The molecule has 11 heavy (non-hydrogen) atoms. The molecule has 0 spiro atoms. The first-order chi connectivity index (χ1) is 5.25. The smallest absolute Gasteiger partial charge is 0.196 e. The summed E-state index contributed by atoms with van der Waals surface area (Å²) in [5.41, 5.74) is 1.35. The number of nitrogens with one attached hydrogen (secondary N) is 2. The molecule has 0 amide bonds. The minimum absolute atomic E-state index is 0.0197. The van der Waals surface area contributed by atoms with Crippen LogP contribution in [0.3, 0.4) is 0 Å². The van der Waals surface area contributed by atoms with Crippen molar-refractivity contribution in [2.24, 2.45) is 0 Å². The van der Waals surface area contributed by atoms with Crippen molar-refractivity contribution in [3.05, 3.63) is 17.7 Å². The van der Waals surface area contributed by atoms with E-state index in [1.54, 1.807) is 7.05 Å². The molecule has 0 aromatic carbocycles. The zero-order valence-electron chi connectivity index (χ0n) is 6.64. The average Bonchev–Trinajstić information content (AvgIpc) is 2.36. The van der Waals surface area contributed by atoms with E-state index < -0.39 is 0 Å². The lowest BCUT2D eigenvalue weighted by Crippen LogP contribution is -2.19. The summed E-state index contributed by atoms with van der Waals surface area (Å²) in [5.74, 6) is 0.0197. The molecule has 0 fully saturated rings. The van der Waals surface area contributed by atoms with Gasteiger partial charge in [-0.2, -0.15) is 0 Å². The number of Topliss-reactive ketones (excluding diaryl/α,β-unsaturated/α-hetero) is 1. The van der Waals surface area contributed by atoms with Gasteiger partial charge >= 0.3 is 0 Å². The van der Waals surface area contributed by atoms with E-state index in [-0.39, 0.29) is 5.78 Å². The molecule has 1 rings (SSSR count). The maximum Gasteiger partial charge on any atom is 0.196 e. The highest BCUT2D eigenvalue weighted by Crippen LogP contribution is 1.99. The molecule has 2 N–H and O–H groups in total. The van der Waals surface area contributed by atoms with Crippen LogP contribution in [-0.2, 0) is 0 Å². The molecule has 60 valence electrons. The van der Waals surface area contributed by atoms with Crippen molar-refractivity contribution in [2.75, 3.05) is 13.6 Å². The van der Waals surface area contributed by atoms with Crippen LogP contribution in [0, 0.1) is 6.92 Å². The Labute approximate surface area is 65.0 Å². The molecule has 0 unspecified atom stereocenters. The van der Waals surface area contributed by atoms with E-state index in [1.165, 1.54) is 6.33 Å². The number of carbonyl (C=O) groups excluding carboxylic acids is 1. The van der Waals surface area contributed by atoms with E-state index in [1.807, 2.05) is 6.92 Å². The van der Waals surface area contributed by atoms with Crippen molar-refractivity contribution in [2.45, 2.75) is 6.92 Å². The fourth-order valence-corrected chi connectivity index (χ4v) is 0.884. The fourth-order valence-electron chi connectivity index (χ4n) is 0.884. The third-order valence-electron chi connectivity index (χ3n) is 1.43. The number of nitrogens with zero attached hydrogens (tertiary/aromatic N) is 1. The van der Waals surface area contributed by atoms with Crippen molar-refractivity contribution in [1.29, 1.82) is 0 Å². The summed E-state index contributed by atoms with van der Waals surface area (Å²) >= 11 is 0. The summed E-state index contributed by atoms with van der Waals surface area (Å²) in [7, 11) is 1.74. The topological polar surface area (TPSA) is 57.8 Å². The van der Waals surface area contributed by atoms with Crippen LogP contribution in [-0.4, -0.2) is 29.3 Å². The van der Waals surface area contributed by atoms with E-state index >= 15 is 0 Å². The highest BCUT2D eigenvalue weighted by molar-refractivity contribution is 5.96. The molecule has 0 atom stereocenters. The Balaban J connectivity index is 2.76. The van der Waals surface area contributed by atoms with E-state index in [4.69, 9.17) is 0 Å². The van der Waals surface area contributed by atoms with Gasteiger partial charge in [0.2, 0.25) is 0 Å². The van der Waals surface area contributed by atoms with Gasteiger partial charge in [-0.3, -0.25) is 4.79 Å². The number of aromatic nitrogens is 2. The Morgan fingerprint density at radius 3 is 3.00 bits per heavy atom. The van der Waals surface area contributed by atoms with E-state index in [2.05, 4.69) is 15.3 Å². The minimum atomic E-state index is 0.0197. The minimum Gasteiger partial charge on any atom is -0.348 e. The maximum atomic E-state index is 11.2. The zero-order valence-corrected chi connectivity index (χ0v) is 6.64. The predicted octanol–water partition coefficient (Wildman–Crippen LogP) is 0.120. The van der Waals surface area contributed by atoms with Gasteiger partial charge in [-0.15, -0.1) is 0 Å². The Morgan fingerprint density at radius 2 is 2.55 bits per heavy atom. The van der Waals surface area contributed by atoms with Gasteiger partial charge in [-0.1, -0.05) is 0 Å². The summed E-state index contributed by atoms with van der Waals surface area (Å²) in [6.45, 7) is 2.17. The van der Waals surface area contributed by atoms with E-state index in [0.717, 1.165) is 5.69 Å². The third-order valence-corrected chi connectivity index (χ3v) is 1.43. The lowest BCUT2D eigenvalue weighted by atomic mass is 10.2. The standard InChI is InChI=1S/C7H11N3O/c1-5-7(10-4-9-5)6(11)3-8-2/h4,8H,3H2,1-2H3,(H,9,10). The maximum absolute atomic E-state index is 11.2. The molecule has 0 aliphatic rings. The largest absolute Gasteiger partial charge is 0.348 e. The quantitative estimate of drug-likeness (QED) is 0.606. The number of likely N-dealkylation sites (N-methyl/N-ethyl adjacent to an activating group) is 1. The molecule has 0 saturated carbocycles.